The van der Waals surface area contributed by atoms with E-state index >= 15 is 0 Å². The average Bonchev–Trinajstić information content (AvgIpc) is 2.63. The standard InChI is InChI=1S/C20H30N2O2S/c1-24-12-11-22-16-20(9-7-19(22)23)8-4-10-21(15-20)14-17-5-3-6-18(13-17)25-2/h3,5-6,13H,4,7-12,14-16H2,1-2H3/t20-/m1/s1. The molecular formula is C20H30N2O2S. The first-order chi connectivity index (χ1) is 12.1. The van der Waals surface area contributed by atoms with Gasteiger partial charge in [0.05, 0.1) is 6.61 Å². The van der Waals surface area contributed by atoms with Gasteiger partial charge in [0.1, 0.15) is 0 Å². The number of likely N-dealkylation sites (tertiary alicyclic amines) is 2. The van der Waals surface area contributed by atoms with Crippen molar-refractivity contribution in [2.45, 2.75) is 37.1 Å². The summed E-state index contributed by atoms with van der Waals surface area (Å²) in [5, 5.41) is 0. The van der Waals surface area contributed by atoms with Crippen LogP contribution in [0.15, 0.2) is 29.2 Å². The van der Waals surface area contributed by atoms with E-state index in [9.17, 15) is 4.79 Å². The lowest BCUT2D eigenvalue weighted by atomic mass is 9.73. The van der Waals surface area contributed by atoms with E-state index in [1.807, 2.05) is 4.90 Å². The number of carbonyl (C=O) groups is 1. The Labute approximate surface area is 155 Å². The summed E-state index contributed by atoms with van der Waals surface area (Å²) in [6, 6.07) is 8.87. The smallest absolute Gasteiger partial charge is 0.222 e. The molecule has 25 heavy (non-hydrogen) atoms. The normalized spacial score (nSPS) is 24.9. The van der Waals surface area contributed by atoms with Crippen molar-refractivity contribution in [2.24, 2.45) is 5.41 Å². The fourth-order valence-electron chi connectivity index (χ4n) is 4.31. The summed E-state index contributed by atoms with van der Waals surface area (Å²) in [6.07, 6.45) is 6.33. The molecule has 0 unspecified atom stereocenters. The van der Waals surface area contributed by atoms with Gasteiger partial charge in [-0.15, -0.1) is 11.8 Å². The van der Waals surface area contributed by atoms with Gasteiger partial charge in [0.2, 0.25) is 5.91 Å². The predicted octanol–water partition coefficient (Wildman–Crippen LogP) is 3.26. The van der Waals surface area contributed by atoms with Crippen molar-refractivity contribution in [1.82, 2.24) is 9.80 Å². The van der Waals surface area contributed by atoms with Crippen LogP contribution in [0.3, 0.4) is 0 Å². The molecule has 1 aromatic rings. The molecule has 4 nitrogen and oxygen atoms in total. The van der Waals surface area contributed by atoms with Gasteiger partial charge in [0, 0.05) is 50.0 Å². The van der Waals surface area contributed by atoms with Gasteiger partial charge < -0.3 is 9.64 Å². The zero-order valence-electron chi connectivity index (χ0n) is 15.5. The van der Waals surface area contributed by atoms with Crippen molar-refractivity contribution < 1.29 is 9.53 Å². The van der Waals surface area contributed by atoms with Crippen LogP contribution in [0.5, 0.6) is 0 Å². The molecular weight excluding hydrogens is 332 g/mol. The lowest BCUT2D eigenvalue weighted by molar-refractivity contribution is -0.140. The predicted molar refractivity (Wildman–Crippen MR) is 103 cm³/mol. The van der Waals surface area contributed by atoms with E-state index in [-0.39, 0.29) is 5.41 Å². The lowest BCUT2D eigenvalue weighted by Crippen LogP contribution is -2.54. The van der Waals surface area contributed by atoms with Gasteiger partial charge in [0.25, 0.3) is 0 Å². The number of ether oxygens (including phenoxy) is 1. The molecule has 2 aliphatic heterocycles. The summed E-state index contributed by atoms with van der Waals surface area (Å²) in [5.74, 6) is 0.299. The van der Waals surface area contributed by atoms with Gasteiger partial charge >= 0.3 is 0 Å². The maximum atomic E-state index is 12.2. The number of piperidine rings is 2. The van der Waals surface area contributed by atoms with Gasteiger partial charge in [-0.25, -0.2) is 0 Å². The number of hydrogen-bond donors (Lipinski definition) is 0. The number of rotatable bonds is 6. The number of hydrogen-bond acceptors (Lipinski definition) is 4. The molecule has 2 fully saturated rings. The molecule has 1 spiro atoms. The minimum Gasteiger partial charge on any atom is -0.383 e. The minimum atomic E-state index is 0.275. The summed E-state index contributed by atoms with van der Waals surface area (Å²) in [7, 11) is 1.70. The fourth-order valence-corrected chi connectivity index (χ4v) is 4.80. The van der Waals surface area contributed by atoms with E-state index in [1.165, 1.54) is 23.3 Å². The van der Waals surface area contributed by atoms with E-state index in [1.54, 1.807) is 18.9 Å². The van der Waals surface area contributed by atoms with E-state index in [2.05, 4.69) is 35.4 Å². The molecule has 2 aliphatic rings. The Hall–Kier alpha value is -1.04. The Kier molecular flexibility index (Phi) is 6.42. The molecule has 0 saturated carbocycles. The number of nitrogens with zero attached hydrogens (tertiary/aromatic N) is 2. The molecule has 0 N–H and O–H groups in total. The van der Waals surface area contributed by atoms with Crippen molar-refractivity contribution in [1.29, 1.82) is 0 Å². The Morgan fingerprint density at radius 1 is 1.28 bits per heavy atom. The Balaban J connectivity index is 1.64. The lowest BCUT2D eigenvalue weighted by Gasteiger charge is -2.48. The van der Waals surface area contributed by atoms with Crippen molar-refractivity contribution in [3.63, 3.8) is 0 Å². The number of benzene rings is 1. The van der Waals surface area contributed by atoms with Crippen LogP contribution in [-0.2, 0) is 16.1 Å². The first-order valence-corrected chi connectivity index (χ1v) is 10.5. The quantitative estimate of drug-likeness (QED) is 0.727. The fraction of sp³-hybridized carbons (Fsp3) is 0.650. The summed E-state index contributed by atoms with van der Waals surface area (Å²) >= 11 is 1.80. The van der Waals surface area contributed by atoms with Crippen molar-refractivity contribution in [3.05, 3.63) is 29.8 Å². The second-order valence-electron chi connectivity index (χ2n) is 7.47. The molecule has 0 radical (unpaired) electrons. The summed E-state index contributed by atoms with van der Waals surface area (Å²) in [6.45, 7) is 5.54. The van der Waals surface area contributed by atoms with E-state index < -0.39 is 0 Å². The van der Waals surface area contributed by atoms with Crippen molar-refractivity contribution in [2.75, 3.05) is 46.2 Å². The van der Waals surface area contributed by atoms with Crippen LogP contribution in [0.25, 0.3) is 0 Å². The number of methoxy groups -OCH3 is 1. The topological polar surface area (TPSA) is 32.8 Å². The van der Waals surface area contributed by atoms with Crippen LogP contribution in [-0.4, -0.2) is 61.9 Å². The molecule has 5 heteroatoms. The zero-order chi connectivity index (χ0) is 17.7. The molecule has 0 aromatic heterocycles. The van der Waals surface area contributed by atoms with Gasteiger partial charge in [-0.3, -0.25) is 9.69 Å². The summed E-state index contributed by atoms with van der Waals surface area (Å²) < 4.78 is 5.18. The Bertz CT molecular complexity index is 595. The van der Waals surface area contributed by atoms with Crippen LogP contribution in [0, 0.1) is 5.41 Å². The van der Waals surface area contributed by atoms with Crippen LogP contribution in [0.1, 0.15) is 31.2 Å². The highest BCUT2D eigenvalue weighted by Crippen LogP contribution is 2.39. The highest BCUT2D eigenvalue weighted by Gasteiger charge is 2.41. The third-order valence-electron chi connectivity index (χ3n) is 5.59. The monoisotopic (exact) mass is 362 g/mol. The Morgan fingerprint density at radius 3 is 2.96 bits per heavy atom. The van der Waals surface area contributed by atoms with Crippen LogP contribution >= 0.6 is 11.8 Å². The molecule has 2 saturated heterocycles. The average molecular weight is 363 g/mol. The summed E-state index contributed by atoms with van der Waals surface area (Å²) in [5.41, 5.74) is 1.67. The van der Waals surface area contributed by atoms with Gasteiger partial charge in [-0.05, 0) is 49.8 Å². The van der Waals surface area contributed by atoms with Crippen LogP contribution in [0.4, 0.5) is 0 Å². The number of carbonyl (C=O) groups excluding carboxylic acids is 1. The molecule has 1 atom stereocenters. The highest BCUT2D eigenvalue weighted by molar-refractivity contribution is 7.98. The van der Waals surface area contributed by atoms with E-state index in [0.717, 1.165) is 39.1 Å². The van der Waals surface area contributed by atoms with Crippen LogP contribution in [0.2, 0.25) is 0 Å². The molecule has 3 rings (SSSR count). The van der Waals surface area contributed by atoms with E-state index in [4.69, 9.17) is 4.74 Å². The second kappa shape index (κ2) is 8.56. The first kappa shape index (κ1) is 18.7. The van der Waals surface area contributed by atoms with Gasteiger partial charge in [0.15, 0.2) is 0 Å². The van der Waals surface area contributed by atoms with E-state index in [0.29, 0.717) is 18.9 Å². The van der Waals surface area contributed by atoms with Crippen LogP contribution < -0.4 is 0 Å². The SMILES string of the molecule is COCCN1C[C@]2(CCCN(Cc3cccc(SC)c3)C2)CCC1=O. The largest absolute Gasteiger partial charge is 0.383 e. The van der Waals surface area contributed by atoms with Gasteiger partial charge in [-0.2, -0.15) is 0 Å². The Morgan fingerprint density at radius 2 is 2.16 bits per heavy atom. The second-order valence-corrected chi connectivity index (χ2v) is 8.35. The maximum absolute atomic E-state index is 12.2. The number of thioether (sulfide) groups is 1. The molecule has 1 aromatic carbocycles. The van der Waals surface area contributed by atoms with Gasteiger partial charge in [-0.1, -0.05) is 12.1 Å². The number of amides is 1. The maximum Gasteiger partial charge on any atom is 0.222 e. The van der Waals surface area contributed by atoms with Crippen molar-refractivity contribution >= 4 is 17.7 Å². The third-order valence-corrected chi connectivity index (χ3v) is 6.32. The first-order valence-electron chi connectivity index (χ1n) is 9.26. The minimum absolute atomic E-state index is 0.275. The molecule has 138 valence electrons. The molecule has 1 amide bonds. The van der Waals surface area contributed by atoms with Crippen molar-refractivity contribution in [3.8, 4) is 0 Å². The third kappa shape index (κ3) is 4.78. The molecule has 2 heterocycles. The zero-order valence-corrected chi connectivity index (χ0v) is 16.3. The summed E-state index contributed by atoms with van der Waals surface area (Å²) in [4.78, 5) is 18.2. The molecule has 0 bridgehead atoms. The highest BCUT2D eigenvalue weighted by atomic mass is 32.2. The molecule has 0 aliphatic carbocycles.